The number of amides is 2. The highest BCUT2D eigenvalue weighted by Gasteiger charge is 2.24. The minimum atomic E-state index is -0.373. The summed E-state index contributed by atoms with van der Waals surface area (Å²) in [5.41, 5.74) is 2.98. The number of carbonyl (C=O) groups excluding carboxylic acids is 3. The number of esters is 1. The van der Waals surface area contributed by atoms with Crippen molar-refractivity contribution in [2.75, 3.05) is 19.0 Å². The van der Waals surface area contributed by atoms with Gasteiger partial charge in [-0.3, -0.25) is 14.4 Å². The van der Waals surface area contributed by atoms with Gasteiger partial charge in [0.2, 0.25) is 11.8 Å². The zero-order chi connectivity index (χ0) is 26.2. The number of carbonyl (C=O) groups is 3. The van der Waals surface area contributed by atoms with Crippen LogP contribution in [0.25, 0.3) is 11.5 Å². The predicted octanol–water partition coefficient (Wildman–Crippen LogP) is 5.25. The fourth-order valence-corrected chi connectivity index (χ4v) is 4.77. The van der Waals surface area contributed by atoms with Gasteiger partial charge < -0.3 is 19.8 Å². The zero-order valence-electron chi connectivity index (χ0n) is 21.3. The first-order valence-electron chi connectivity index (χ1n) is 12.7. The van der Waals surface area contributed by atoms with E-state index in [4.69, 9.17) is 9.15 Å². The third-order valence-corrected chi connectivity index (χ3v) is 6.87. The molecule has 1 saturated carbocycles. The maximum absolute atomic E-state index is 12.5. The van der Waals surface area contributed by atoms with Crippen molar-refractivity contribution in [1.29, 1.82) is 0 Å². The van der Waals surface area contributed by atoms with E-state index in [-0.39, 0.29) is 36.4 Å². The number of rotatable bonds is 9. The molecule has 1 aliphatic rings. The summed E-state index contributed by atoms with van der Waals surface area (Å²) >= 11 is 0. The van der Waals surface area contributed by atoms with Gasteiger partial charge in [-0.25, -0.2) is 4.98 Å². The lowest BCUT2D eigenvalue weighted by atomic mass is 9.77. The molecule has 8 heteroatoms. The minimum absolute atomic E-state index is 0.131. The molecule has 1 fully saturated rings. The Labute approximate surface area is 216 Å². The maximum Gasteiger partial charge on any atom is 0.305 e. The molecule has 1 aliphatic carbocycles. The Kier molecular flexibility index (Phi) is 8.72. The summed E-state index contributed by atoms with van der Waals surface area (Å²) in [7, 11) is 1.44. The Morgan fingerprint density at radius 1 is 1.00 bits per heavy atom. The lowest BCUT2D eigenvalue weighted by Gasteiger charge is -2.28. The molecule has 0 atom stereocenters. The largest absolute Gasteiger partial charge is 0.469 e. The van der Waals surface area contributed by atoms with Crippen molar-refractivity contribution in [2.45, 2.75) is 51.4 Å². The SMILES string of the molecule is COC(=O)C[C@H]1CC[C@H](c2ccc(NC(=O)CCNC(=O)c3nc(-c4ccccc4)oc3C)cc2)CC1. The Morgan fingerprint density at radius 2 is 1.70 bits per heavy atom. The van der Waals surface area contributed by atoms with Crippen molar-refractivity contribution < 1.29 is 23.5 Å². The van der Waals surface area contributed by atoms with Gasteiger partial charge >= 0.3 is 5.97 Å². The van der Waals surface area contributed by atoms with Crippen LogP contribution in [0.5, 0.6) is 0 Å². The van der Waals surface area contributed by atoms with Gasteiger partial charge in [0.15, 0.2) is 5.69 Å². The van der Waals surface area contributed by atoms with Gasteiger partial charge in [-0.05, 0) is 74.3 Å². The molecule has 194 valence electrons. The summed E-state index contributed by atoms with van der Waals surface area (Å²) in [6.07, 6.45) is 4.77. The van der Waals surface area contributed by atoms with E-state index in [9.17, 15) is 14.4 Å². The molecule has 1 heterocycles. The van der Waals surface area contributed by atoms with E-state index >= 15 is 0 Å². The van der Waals surface area contributed by atoms with E-state index in [1.54, 1.807) is 6.92 Å². The molecular formula is C29H33N3O5. The highest BCUT2D eigenvalue weighted by Crippen LogP contribution is 2.37. The van der Waals surface area contributed by atoms with E-state index in [1.807, 2.05) is 42.5 Å². The highest BCUT2D eigenvalue weighted by atomic mass is 16.5. The van der Waals surface area contributed by atoms with Gasteiger partial charge in [0.25, 0.3) is 5.91 Å². The van der Waals surface area contributed by atoms with E-state index in [0.717, 1.165) is 36.9 Å². The van der Waals surface area contributed by atoms with Gasteiger partial charge in [0.05, 0.1) is 7.11 Å². The second-order valence-electron chi connectivity index (χ2n) is 9.46. The number of hydrogen-bond acceptors (Lipinski definition) is 6. The molecular weight excluding hydrogens is 470 g/mol. The summed E-state index contributed by atoms with van der Waals surface area (Å²) in [5, 5.41) is 5.62. The topological polar surface area (TPSA) is 111 Å². The molecule has 0 aliphatic heterocycles. The number of nitrogens with zero attached hydrogens (tertiary/aromatic N) is 1. The third-order valence-electron chi connectivity index (χ3n) is 6.87. The number of nitrogens with one attached hydrogen (secondary N) is 2. The molecule has 37 heavy (non-hydrogen) atoms. The number of benzene rings is 2. The lowest BCUT2D eigenvalue weighted by molar-refractivity contribution is -0.142. The molecule has 0 radical (unpaired) electrons. The standard InChI is InChI=1S/C29H33N3O5/c1-19-27(32-29(37-19)23-6-4-3-5-7-23)28(35)30-17-16-25(33)31-24-14-12-22(13-15-24)21-10-8-20(9-11-21)18-26(34)36-2/h3-7,12-15,20-21H,8-11,16-18H2,1-2H3,(H,30,35)(H,31,33)/t20-,21-. The van der Waals surface area contributed by atoms with Crippen molar-refractivity contribution in [3.63, 3.8) is 0 Å². The van der Waals surface area contributed by atoms with Gasteiger partial charge in [-0.1, -0.05) is 30.3 Å². The van der Waals surface area contributed by atoms with Crippen LogP contribution >= 0.6 is 0 Å². The van der Waals surface area contributed by atoms with Crippen molar-refractivity contribution in [2.24, 2.45) is 5.92 Å². The first-order valence-corrected chi connectivity index (χ1v) is 12.7. The molecule has 0 bridgehead atoms. The Balaban J connectivity index is 1.20. The summed E-state index contributed by atoms with van der Waals surface area (Å²) in [5.74, 6) is 1.00. The summed E-state index contributed by atoms with van der Waals surface area (Å²) < 4.78 is 10.4. The van der Waals surface area contributed by atoms with E-state index in [0.29, 0.717) is 29.9 Å². The predicted molar refractivity (Wildman–Crippen MR) is 140 cm³/mol. The Bertz CT molecular complexity index is 1210. The van der Waals surface area contributed by atoms with Crippen LogP contribution in [-0.4, -0.2) is 36.4 Å². The second-order valence-corrected chi connectivity index (χ2v) is 9.46. The molecule has 0 spiro atoms. The zero-order valence-corrected chi connectivity index (χ0v) is 21.3. The third kappa shape index (κ3) is 7.06. The average Bonchev–Trinajstić information content (AvgIpc) is 3.31. The lowest BCUT2D eigenvalue weighted by Crippen LogP contribution is -2.28. The van der Waals surface area contributed by atoms with E-state index < -0.39 is 0 Å². The number of methoxy groups -OCH3 is 1. The van der Waals surface area contributed by atoms with Crippen molar-refractivity contribution in [3.05, 3.63) is 71.6 Å². The Morgan fingerprint density at radius 3 is 2.38 bits per heavy atom. The molecule has 2 amide bonds. The fourth-order valence-electron chi connectivity index (χ4n) is 4.77. The molecule has 2 aromatic carbocycles. The summed E-state index contributed by atoms with van der Waals surface area (Å²) in [6, 6.07) is 17.3. The number of aryl methyl sites for hydroxylation is 1. The van der Waals surface area contributed by atoms with E-state index in [2.05, 4.69) is 27.8 Å². The van der Waals surface area contributed by atoms with Crippen molar-refractivity contribution in [1.82, 2.24) is 10.3 Å². The molecule has 0 unspecified atom stereocenters. The van der Waals surface area contributed by atoms with Gasteiger partial charge in [-0.2, -0.15) is 0 Å². The molecule has 2 N–H and O–H groups in total. The number of ether oxygens (including phenoxy) is 1. The molecule has 1 aromatic heterocycles. The second kappa shape index (κ2) is 12.3. The first-order chi connectivity index (χ1) is 17.9. The van der Waals surface area contributed by atoms with E-state index in [1.165, 1.54) is 12.7 Å². The molecule has 3 aromatic rings. The fraction of sp³-hybridized carbons (Fsp3) is 0.379. The summed E-state index contributed by atoms with van der Waals surface area (Å²) in [4.78, 5) is 40.7. The monoisotopic (exact) mass is 503 g/mol. The van der Waals surface area contributed by atoms with Crippen LogP contribution < -0.4 is 10.6 Å². The van der Waals surface area contributed by atoms with Crippen LogP contribution in [0.4, 0.5) is 5.69 Å². The maximum atomic E-state index is 12.5. The van der Waals surface area contributed by atoms with Crippen molar-refractivity contribution >= 4 is 23.5 Å². The minimum Gasteiger partial charge on any atom is -0.469 e. The van der Waals surface area contributed by atoms with Gasteiger partial charge in [0, 0.05) is 30.6 Å². The molecule has 8 nitrogen and oxygen atoms in total. The molecule has 4 rings (SSSR count). The van der Waals surface area contributed by atoms with Crippen LogP contribution in [0.1, 0.15) is 66.3 Å². The van der Waals surface area contributed by atoms with Crippen LogP contribution in [-0.2, 0) is 14.3 Å². The van der Waals surface area contributed by atoms with Gasteiger partial charge in [0.1, 0.15) is 5.76 Å². The number of hydrogen-bond donors (Lipinski definition) is 2. The smallest absolute Gasteiger partial charge is 0.305 e. The van der Waals surface area contributed by atoms with Gasteiger partial charge in [-0.15, -0.1) is 0 Å². The molecule has 0 saturated heterocycles. The van der Waals surface area contributed by atoms with Crippen LogP contribution in [0.2, 0.25) is 0 Å². The normalized spacial score (nSPS) is 17.1. The first kappa shape index (κ1) is 26.1. The Hall–Kier alpha value is -3.94. The van der Waals surface area contributed by atoms with Crippen LogP contribution in [0.15, 0.2) is 59.0 Å². The highest BCUT2D eigenvalue weighted by molar-refractivity contribution is 5.95. The number of aromatic nitrogens is 1. The quantitative estimate of drug-likeness (QED) is 0.386. The van der Waals surface area contributed by atoms with Crippen LogP contribution in [0.3, 0.4) is 0 Å². The van der Waals surface area contributed by atoms with Crippen molar-refractivity contribution in [3.8, 4) is 11.5 Å². The number of anilines is 1. The van der Waals surface area contributed by atoms with Crippen LogP contribution in [0, 0.1) is 12.8 Å². The number of oxazole rings is 1. The summed E-state index contributed by atoms with van der Waals surface area (Å²) in [6.45, 7) is 1.88. The average molecular weight is 504 g/mol.